The zero-order valence-electron chi connectivity index (χ0n) is 20.8. The molecule has 0 unspecified atom stereocenters. The SMILES string of the molecule is Cc1c(-c2cccc(NC3CCN(S(=O)(=O)Cc4ccc(Cl)c(Cl)c4)CC3)c2)sc(C(=O)O)c1OCC(=O)O. The largest absolute Gasteiger partial charge is 0.480 e. The Hall–Kier alpha value is -2.83. The van der Waals surface area contributed by atoms with E-state index in [2.05, 4.69) is 5.32 Å². The van der Waals surface area contributed by atoms with Gasteiger partial charge in [-0.1, -0.05) is 41.4 Å². The van der Waals surface area contributed by atoms with E-state index in [4.69, 9.17) is 33.0 Å². The summed E-state index contributed by atoms with van der Waals surface area (Å²) in [6.45, 7) is 1.80. The Morgan fingerprint density at radius 3 is 2.46 bits per heavy atom. The molecule has 4 rings (SSSR count). The van der Waals surface area contributed by atoms with Gasteiger partial charge in [0.2, 0.25) is 10.0 Å². The van der Waals surface area contributed by atoms with E-state index >= 15 is 0 Å². The lowest BCUT2D eigenvalue weighted by Crippen LogP contribution is -2.42. The average Bonchev–Trinajstić information content (AvgIpc) is 3.21. The number of anilines is 1. The van der Waals surface area contributed by atoms with Gasteiger partial charge in [-0.3, -0.25) is 0 Å². The minimum atomic E-state index is -3.52. The Bertz CT molecular complexity index is 1500. The molecule has 1 aliphatic heterocycles. The van der Waals surface area contributed by atoms with Gasteiger partial charge in [-0.15, -0.1) is 11.3 Å². The topological polar surface area (TPSA) is 133 Å². The highest BCUT2D eigenvalue weighted by Gasteiger charge is 2.29. The number of carbonyl (C=O) groups is 2. The minimum absolute atomic E-state index is 0.0464. The van der Waals surface area contributed by atoms with Crippen molar-refractivity contribution in [2.45, 2.75) is 31.6 Å². The third-order valence-electron chi connectivity index (χ3n) is 6.30. The van der Waals surface area contributed by atoms with Gasteiger partial charge in [-0.25, -0.2) is 22.3 Å². The highest BCUT2D eigenvalue weighted by Crippen LogP contribution is 2.42. The summed E-state index contributed by atoms with van der Waals surface area (Å²) in [5.74, 6) is -2.48. The molecule has 13 heteroatoms. The molecular formula is C26H26Cl2N2O7S2. The van der Waals surface area contributed by atoms with Gasteiger partial charge >= 0.3 is 11.9 Å². The van der Waals surface area contributed by atoms with E-state index in [0.717, 1.165) is 22.6 Å². The number of thiophene rings is 1. The van der Waals surface area contributed by atoms with Crippen LogP contribution in [0.4, 0.5) is 5.69 Å². The summed E-state index contributed by atoms with van der Waals surface area (Å²) >= 11 is 13.0. The molecule has 1 aliphatic rings. The molecular weight excluding hydrogens is 587 g/mol. The van der Waals surface area contributed by atoms with E-state index in [1.54, 1.807) is 25.1 Å². The first-order valence-corrected chi connectivity index (χ1v) is 15.1. The molecule has 3 N–H and O–H groups in total. The Morgan fingerprint density at radius 2 is 1.82 bits per heavy atom. The van der Waals surface area contributed by atoms with Gasteiger partial charge < -0.3 is 20.3 Å². The second-order valence-corrected chi connectivity index (χ2v) is 12.9. The number of hydrogen-bond acceptors (Lipinski definition) is 7. The van der Waals surface area contributed by atoms with Crippen molar-refractivity contribution in [2.75, 3.05) is 25.0 Å². The number of carboxylic acid groups (broad SMARTS) is 2. The number of benzene rings is 2. The summed E-state index contributed by atoms with van der Waals surface area (Å²) in [5, 5.41) is 22.7. The minimum Gasteiger partial charge on any atom is -0.480 e. The van der Waals surface area contributed by atoms with Gasteiger partial charge in [0, 0.05) is 35.3 Å². The molecule has 208 valence electrons. The fraction of sp³-hybridized carbons (Fsp3) is 0.308. The summed E-state index contributed by atoms with van der Waals surface area (Å²) in [5.41, 5.74) is 2.70. The lowest BCUT2D eigenvalue weighted by Gasteiger charge is -2.32. The zero-order chi connectivity index (χ0) is 28.3. The van der Waals surface area contributed by atoms with Crippen LogP contribution in [0.5, 0.6) is 5.75 Å². The fourth-order valence-electron chi connectivity index (χ4n) is 4.42. The molecule has 9 nitrogen and oxygen atoms in total. The van der Waals surface area contributed by atoms with Crippen LogP contribution in [0.1, 0.15) is 33.6 Å². The number of piperidine rings is 1. The number of aromatic carboxylic acids is 1. The maximum absolute atomic E-state index is 13.0. The van der Waals surface area contributed by atoms with E-state index < -0.39 is 28.6 Å². The van der Waals surface area contributed by atoms with Crippen molar-refractivity contribution in [1.82, 2.24) is 4.31 Å². The molecule has 1 aromatic heterocycles. The van der Waals surface area contributed by atoms with Crippen LogP contribution in [0.3, 0.4) is 0 Å². The summed E-state index contributed by atoms with van der Waals surface area (Å²) < 4.78 is 32.7. The molecule has 0 atom stereocenters. The van der Waals surface area contributed by atoms with Crippen LogP contribution in [-0.2, 0) is 20.6 Å². The Balaban J connectivity index is 1.42. The van der Waals surface area contributed by atoms with Gasteiger partial charge in [0.25, 0.3) is 0 Å². The van der Waals surface area contributed by atoms with Crippen molar-refractivity contribution >= 4 is 62.2 Å². The van der Waals surface area contributed by atoms with Crippen molar-refractivity contribution < 1.29 is 33.0 Å². The lowest BCUT2D eigenvalue weighted by atomic mass is 10.0. The van der Waals surface area contributed by atoms with Crippen LogP contribution in [-0.4, -0.2) is 60.6 Å². The predicted octanol–water partition coefficient (Wildman–Crippen LogP) is 5.60. The molecule has 0 amide bonds. The highest BCUT2D eigenvalue weighted by atomic mass is 35.5. The van der Waals surface area contributed by atoms with E-state index in [9.17, 15) is 23.1 Å². The molecule has 0 bridgehead atoms. The van der Waals surface area contributed by atoms with Gasteiger partial charge in [-0.2, -0.15) is 0 Å². The van der Waals surface area contributed by atoms with Gasteiger partial charge in [0.1, 0.15) is 5.75 Å². The number of aliphatic carboxylic acids is 1. The summed E-state index contributed by atoms with van der Waals surface area (Å²) in [4.78, 5) is 23.3. The first-order chi connectivity index (χ1) is 18.4. The molecule has 1 saturated heterocycles. The second-order valence-electron chi connectivity index (χ2n) is 9.11. The average molecular weight is 614 g/mol. The zero-order valence-corrected chi connectivity index (χ0v) is 24.0. The number of ether oxygens (including phenoxy) is 1. The standard InChI is InChI=1S/C26H26Cl2N2O7S2/c1-15-23(37-13-22(31)32)25(26(33)34)38-24(15)17-3-2-4-19(12-17)29-18-7-9-30(10-8-18)39(35,36)14-16-5-6-20(27)21(28)11-16/h2-6,11-12,18,29H,7-10,13-14H2,1H3,(H,31,32)(H,33,34). The summed E-state index contributed by atoms with van der Waals surface area (Å²) in [6, 6.07) is 12.3. The normalized spacial score (nSPS) is 14.7. The highest BCUT2D eigenvalue weighted by molar-refractivity contribution is 7.88. The molecule has 0 aliphatic carbocycles. The number of halogens is 2. The summed E-state index contributed by atoms with van der Waals surface area (Å²) in [6.07, 6.45) is 1.22. The maximum atomic E-state index is 13.0. The van der Waals surface area contributed by atoms with Gasteiger partial charge in [-0.05, 0) is 55.2 Å². The number of nitrogens with one attached hydrogen (secondary N) is 1. The van der Waals surface area contributed by atoms with Crippen LogP contribution in [0.15, 0.2) is 42.5 Å². The first kappa shape index (κ1) is 29.2. The quantitative estimate of drug-likeness (QED) is 0.269. The van der Waals surface area contributed by atoms with Gasteiger partial charge in [0.15, 0.2) is 11.5 Å². The fourth-order valence-corrected chi connectivity index (χ4v) is 7.38. The number of rotatable bonds is 10. The van der Waals surface area contributed by atoms with E-state index in [1.165, 1.54) is 4.31 Å². The molecule has 39 heavy (non-hydrogen) atoms. The molecule has 2 heterocycles. The molecule has 0 radical (unpaired) electrons. The Labute approximate surface area is 240 Å². The van der Waals surface area contributed by atoms with Crippen molar-refractivity contribution in [3.05, 3.63) is 68.5 Å². The molecule has 2 aromatic carbocycles. The number of hydrogen-bond donors (Lipinski definition) is 3. The van der Waals surface area contributed by atoms with Crippen LogP contribution >= 0.6 is 34.5 Å². The van der Waals surface area contributed by atoms with Crippen LogP contribution in [0.25, 0.3) is 10.4 Å². The third-order valence-corrected chi connectivity index (χ3v) is 10.2. The monoisotopic (exact) mass is 612 g/mol. The van der Waals surface area contributed by atoms with Crippen LogP contribution < -0.4 is 10.1 Å². The first-order valence-electron chi connectivity index (χ1n) is 11.9. The number of carboxylic acids is 2. The molecule has 1 fully saturated rings. The molecule has 3 aromatic rings. The summed E-state index contributed by atoms with van der Waals surface area (Å²) in [7, 11) is -3.52. The molecule has 0 saturated carbocycles. The van der Waals surface area contributed by atoms with Crippen molar-refractivity contribution in [3.63, 3.8) is 0 Å². The van der Waals surface area contributed by atoms with Crippen LogP contribution in [0.2, 0.25) is 10.0 Å². The smallest absolute Gasteiger partial charge is 0.349 e. The maximum Gasteiger partial charge on any atom is 0.349 e. The second kappa shape index (κ2) is 12.1. The number of nitrogens with zero attached hydrogens (tertiary/aromatic N) is 1. The van der Waals surface area contributed by atoms with Crippen molar-refractivity contribution in [2.24, 2.45) is 0 Å². The molecule has 0 spiro atoms. The van der Waals surface area contributed by atoms with E-state index in [0.29, 0.717) is 52.0 Å². The Kier molecular flexibility index (Phi) is 9.07. The number of sulfonamides is 1. The van der Waals surface area contributed by atoms with Crippen molar-refractivity contribution in [3.8, 4) is 16.2 Å². The predicted molar refractivity (Wildman–Crippen MR) is 152 cm³/mol. The lowest BCUT2D eigenvalue weighted by molar-refractivity contribution is -0.139. The van der Waals surface area contributed by atoms with Crippen molar-refractivity contribution in [1.29, 1.82) is 0 Å². The van der Waals surface area contributed by atoms with E-state index in [1.807, 2.05) is 24.3 Å². The Morgan fingerprint density at radius 1 is 1.10 bits per heavy atom. The van der Waals surface area contributed by atoms with E-state index in [-0.39, 0.29) is 22.4 Å². The van der Waals surface area contributed by atoms with Crippen LogP contribution in [0, 0.1) is 6.92 Å². The van der Waals surface area contributed by atoms with Gasteiger partial charge in [0.05, 0.1) is 15.8 Å². The third kappa shape index (κ3) is 7.03.